The molecule has 1 fully saturated rings. The van der Waals surface area contributed by atoms with Crippen molar-refractivity contribution in [3.05, 3.63) is 57.0 Å². The molecule has 0 atom stereocenters. The van der Waals surface area contributed by atoms with E-state index in [-0.39, 0.29) is 57.5 Å². The van der Waals surface area contributed by atoms with Crippen LogP contribution in [0.3, 0.4) is 0 Å². The minimum absolute atomic E-state index is 0.0199. The number of hydrogen-bond acceptors (Lipinski definition) is 6. The second kappa shape index (κ2) is 10.2. The number of nitrogens with zero attached hydrogens (tertiary/aromatic N) is 1. The Labute approximate surface area is 194 Å². The molecule has 0 spiro atoms. The van der Waals surface area contributed by atoms with Crippen LogP contribution < -0.4 is 5.32 Å². The molecule has 1 aliphatic heterocycles. The number of hydrogen-bond donors (Lipinski definition) is 1. The summed E-state index contributed by atoms with van der Waals surface area (Å²) in [5.41, 5.74) is 0.199. The number of halogens is 3. The average molecular weight is 508 g/mol. The monoisotopic (exact) mass is 506 g/mol. The number of morpholine rings is 1. The van der Waals surface area contributed by atoms with Gasteiger partial charge in [0, 0.05) is 23.8 Å². The summed E-state index contributed by atoms with van der Waals surface area (Å²) in [6.07, 6.45) is 0. The van der Waals surface area contributed by atoms with Crippen LogP contribution in [-0.4, -0.2) is 57.5 Å². The molecule has 2 aromatic rings. The molecule has 0 aliphatic carbocycles. The highest BCUT2D eigenvalue weighted by molar-refractivity contribution is 7.89. The molecule has 12 heteroatoms. The van der Waals surface area contributed by atoms with E-state index in [1.165, 1.54) is 40.7 Å². The number of ether oxygens (including phenoxy) is 2. The molecular weight excluding hydrogens is 491 g/mol. The van der Waals surface area contributed by atoms with Crippen LogP contribution in [0.5, 0.6) is 0 Å². The fourth-order valence-electron chi connectivity index (χ4n) is 2.76. The number of amides is 1. The first-order valence-electron chi connectivity index (χ1n) is 8.98. The largest absolute Gasteiger partial charge is 0.452 e. The summed E-state index contributed by atoms with van der Waals surface area (Å²) < 4.78 is 37.1. The molecule has 0 unspecified atom stereocenters. The van der Waals surface area contributed by atoms with Gasteiger partial charge in [0.15, 0.2) is 6.61 Å². The number of carbonyl (C=O) groups is 2. The van der Waals surface area contributed by atoms with E-state index in [0.717, 1.165) is 0 Å². The Bertz CT molecular complexity index is 1100. The van der Waals surface area contributed by atoms with Gasteiger partial charge in [0.25, 0.3) is 5.91 Å². The van der Waals surface area contributed by atoms with Gasteiger partial charge in [-0.25, -0.2) is 13.2 Å². The molecule has 31 heavy (non-hydrogen) atoms. The Morgan fingerprint density at radius 1 is 1.03 bits per heavy atom. The van der Waals surface area contributed by atoms with Crippen molar-refractivity contribution in [2.75, 3.05) is 38.2 Å². The first-order chi connectivity index (χ1) is 14.7. The van der Waals surface area contributed by atoms with Crippen LogP contribution in [0.1, 0.15) is 10.4 Å². The van der Waals surface area contributed by atoms with Gasteiger partial charge in [-0.2, -0.15) is 4.31 Å². The van der Waals surface area contributed by atoms with E-state index >= 15 is 0 Å². The lowest BCUT2D eigenvalue weighted by atomic mass is 10.2. The van der Waals surface area contributed by atoms with Crippen molar-refractivity contribution >= 4 is 62.4 Å². The van der Waals surface area contributed by atoms with Crippen molar-refractivity contribution < 1.29 is 27.5 Å². The highest BCUT2D eigenvalue weighted by Crippen LogP contribution is 2.28. The van der Waals surface area contributed by atoms with Crippen molar-refractivity contribution in [3.63, 3.8) is 0 Å². The normalized spacial score (nSPS) is 14.8. The third-order valence-electron chi connectivity index (χ3n) is 4.29. The van der Waals surface area contributed by atoms with Crippen molar-refractivity contribution in [2.45, 2.75) is 4.90 Å². The molecule has 1 saturated heterocycles. The summed E-state index contributed by atoms with van der Waals surface area (Å²) in [7, 11) is -3.86. The number of anilines is 1. The molecule has 1 aliphatic rings. The Kier molecular flexibility index (Phi) is 7.79. The van der Waals surface area contributed by atoms with Gasteiger partial charge >= 0.3 is 5.97 Å². The summed E-state index contributed by atoms with van der Waals surface area (Å²) in [5.74, 6) is -1.50. The second-order valence-electron chi connectivity index (χ2n) is 6.41. The van der Waals surface area contributed by atoms with Crippen molar-refractivity contribution in [1.29, 1.82) is 0 Å². The molecule has 0 saturated carbocycles. The van der Waals surface area contributed by atoms with Crippen LogP contribution in [0.2, 0.25) is 15.1 Å². The Morgan fingerprint density at radius 2 is 1.71 bits per heavy atom. The highest BCUT2D eigenvalue weighted by Gasteiger charge is 2.28. The summed E-state index contributed by atoms with van der Waals surface area (Å²) in [5, 5.41) is 2.91. The van der Waals surface area contributed by atoms with E-state index in [1.807, 2.05) is 0 Å². The van der Waals surface area contributed by atoms with E-state index in [2.05, 4.69) is 5.32 Å². The van der Waals surface area contributed by atoms with Crippen molar-refractivity contribution in [3.8, 4) is 0 Å². The van der Waals surface area contributed by atoms with E-state index in [9.17, 15) is 18.0 Å². The molecule has 1 heterocycles. The summed E-state index contributed by atoms with van der Waals surface area (Å²) in [6, 6.07) is 8.32. The van der Waals surface area contributed by atoms with Gasteiger partial charge in [-0.1, -0.05) is 34.8 Å². The lowest BCUT2D eigenvalue weighted by molar-refractivity contribution is -0.119. The van der Waals surface area contributed by atoms with Crippen LogP contribution in [0, 0.1) is 0 Å². The summed E-state index contributed by atoms with van der Waals surface area (Å²) in [6.45, 7) is 0.370. The fourth-order valence-corrected chi connectivity index (χ4v) is 5.04. The number of benzene rings is 2. The number of esters is 1. The lowest BCUT2D eigenvalue weighted by Crippen LogP contribution is -2.40. The zero-order chi connectivity index (χ0) is 22.6. The molecule has 8 nitrogen and oxygen atoms in total. The van der Waals surface area contributed by atoms with E-state index in [1.54, 1.807) is 0 Å². The third-order valence-corrected chi connectivity index (χ3v) is 7.23. The Hall–Kier alpha value is -1.88. The quantitative estimate of drug-likeness (QED) is 0.601. The van der Waals surface area contributed by atoms with Gasteiger partial charge in [-0.05, 0) is 36.4 Å². The predicted octanol–water partition coefficient (Wildman–Crippen LogP) is 3.46. The molecule has 1 N–H and O–H groups in total. The number of nitrogens with one attached hydrogen (secondary N) is 1. The lowest BCUT2D eigenvalue weighted by Gasteiger charge is -2.26. The summed E-state index contributed by atoms with van der Waals surface area (Å²) >= 11 is 17.9. The molecular formula is C19H17Cl3N2O6S. The minimum atomic E-state index is -3.86. The smallest absolute Gasteiger partial charge is 0.340 e. The molecule has 2 aromatic carbocycles. The van der Waals surface area contributed by atoms with Crippen LogP contribution >= 0.6 is 34.8 Å². The Balaban J connectivity index is 1.67. The molecule has 0 radical (unpaired) electrons. The van der Waals surface area contributed by atoms with Gasteiger partial charge in [0.1, 0.15) is 4.90 Å². The topological polar surface area (TPSA) is 102 Å². The van der Waals surface area contributed by atoms with Gasteiger partial charge in [-0.3, -0.25) is 4.79 Å². The predicted molar refractivity (Wildman–Crippen MR) is 116 cm³/mol. The van der Waals surface area contributed by atoms with Crippen LogP contribution in [0.4, 0.5) is 5.69 Å². The van der Waals surface area contributed by atoms with Crippen molar-refractivity contribution in [1.82, 2.24) is 4.31 Å². The SMILES string of the molecule is O=C(COC(=O)c1cc(Cl)ccc1Cl)Nc1ccc(Cl)c(S(=O)(=O)N2CCOCC2)c1. The maximum atomic E-state index is 12.9. The molecule has 0 bridgehead atoms. The average Bonchev–Trinajstić information content (AvgIpc) is 2.75. The van der Waals surface area contributed by atoms with Crippen LogP contribution in [0.15, 0.2) is 41.3 Å². The van der Waals surface area contributed by atoms with Crippen molar-refractivity contribution in [2.24, 2.45) is 0 Å². The molecule has 0 aromatic heterocycles. The first kappa shape index (κ1) is 23.8. The maximum absolute atomic E-state index is 12.9. The standard InChI is InChI=1S/C19H17Cl3N2O6S/c20-12-1-3-15(21)14(9-12)19(26)30-11-18(25)23-13-2-4-16(22)17(10-13)31(27,28)24-5-7-29-8-6-24/h1-4,9-10H,5-8,11H2,(H,23,25). The van der Waals surface area contributed by atoms with Gasteiger partial charge < -0.3 is 14.8 Å². The number of sulfonamides is 1. The summed E-state index contributed by atoms with van der Waals surface area (Å²) in [4.78, 5) is 24.2. The number of rotatable bonds is 6. The fraction of sp³-hybridized carbons (Fsp3) is 0.263. The zero-order valence-electron chi connectivity index (χ0n) is 15.9. The maximum Gasteiger partial charge on any atom is 0.340 e. The van der Waals surface area contributed by atoms with Gasteiger partial charge in [0.05, 0.1) is 28.8 Å². The number of carbonyl (C=O) groups excluding carboxylic acids is 2. The van der Waals surface area contributed by atoms with E-state index in [4.69, 9.17) is 44.3 Å². The molecule has 1 amide bonds. The Morgan fingerprint density at radius 3 is 2.42 bits per heavy atom. The van der Waals surface area contributed by atoms with Gasteiger partial charge in [0.2, 0.25) is 10.0 Å². The third kappa shape index (κ3) is 5.88. The van der Waals surface area contributed by atoms with Crippen LogP contribution in [0.25, 0.3) is 0 Å². The highest BCUT2D eigenvalue weighted by atomic mass is 35.5. The zero-order valence-corrected chi connectivity index (χ0v) is 19.0. The molecule has 166 valence electrons. The minimum Gasteiger partial charge on any atom is -0.452 e. The van der Waals surface area contributed by atoms with Crippen LogP contribution in [-0.2, 0) is 24.3 Å². The van der Waals surface area contributed by atoms with E-state index in [0.29, 0.717) is 0 Å². The van der Waals surface area contributed by atoms with Gasteiger partial charge in [-0.15, -0.1) is 0 Å². The second-order valence-corrected chi connectivity index (χ2v) is 9.57. The molecule has 3 rings (SSSR count). The van der Waals surface area contributed by atoms with E-state index < -0.39 is 28.5 Å². The first-order valence-corrected chi connectivity index (χ1v) is 11.6.